The lowest BCUT2D eigenvalue weighted by molar-refractivity contribution is -0.112. The summed E-state index contributed by atoms with van der Waals surface area (Å²) in [6.45, 7) is 8.95. The summed E-state index contributed by atoms with van der Waals surface area (Å²) in [5.74, 6) is 1.68. The van der Waals surface area contributed by atoms with Crippen molar-refractivity contribution in [2.45, 2.75) is 111 Å². The van der Waals surface area contributed by atoms with Gasteiger partial charge >= 0.3 is 0 Å². The quantitative estimate of drug-likeness (QED) is 0.218. The molecule has 0 amide bonds. The molecule has 1 nitrogen and oxygen atoms in total. The Morgan fingerprint density at radius 3 is 1.27 bits per heavy atom. The van der Waals surface area contributed by atoms with E-state index in [4.69, 9.17) is 0 Å². The van der Waals surface area contributed by atoms with Crippen LogP contribution in [0.15, 0.2) is 0 Å². The molecule has 0 heterocycles. The summed E-state index contributed by atoms with van der Waals surface area (Å²) in [5, 5.41) is 0. The molecule has 1 heteroatoms. The lowest BCUT2D eigenvalue weighted by Crippen LogP contribution is -2.09. The van der Waals surface area contributed by atoms with Crippen LogP contribution in [0.1, 0.15) is 111 Å². The largest absolute Gasteiger partial charge is 0.303 e. The molecule has 1 atom stereocenters. The molecule has 0 radical (unpaired) electrons. The molecule has 0 aromatic carbocycles. The average Bonchev–Trinajstić information content (AvgIpc) is 2.47. The van der Waals surface area contributed by atoms with Gasteiger partial charge in [-0.2, -0.15) is 0 Å². The summed E-state index contributed by atoms with van der Waals surface area (Å²) in [4.78, 5) is 10.9. The van der Waals surface area contributed by atoms with Crippen molar-refractivity contribution < 1.29 is 4.79 Å². The molecule has 0 aromatic rings. The van der Waals surface area contributed by atoms with Crippen molar-refractivity contribution in [3.8, 4) is 0 Å². The van der Waals surface area contributed by atoms with Crippen LogP contribution < -0.4 is 0 Å². The fraction of sp³-hybridized carbons (Fsp3) is 0.952. The minimum atomic E-state index is 0.288. The van der Waals surface area contributed by atoms with E-state index in [1.54, 1.807) is 0 Å². The van der Waals surface area contributed by atoms with Crippen LogP contribution in [0.4, 0.5) is 0 Å². The number of rotatable bonds is 16. The van der Waals surface area contributed by atoms with Crippen molar-refractivity contribution in [3.63, 3.8) is 0 Å². The molecule has 0 spiro atoms. The Kier molecular flexibility index (Phi) is 15.3. The lowest BCUT2D eigenvalue weighted by atomic mass is 9.91. The third-order valence-corrected chi connectivity index (χ3v) is 4.85. The van der Waals surface area contributed by atoms with E-state index in [1.165, 1.54) is 77.0 Å². The number of hydrogen-bond donors (Lipinski definition) is 0. The first-order valence-electron chi connectivity index (χ1n) is 10.0. The highest BCUT2D eigenvalue weighted by Crippen LogP contribution is 2.18. The normalized spacial score (nSPS) is 13.0. The third kappa shape index (κ3) is 14.6. The van der Waals surface area contributed by atoms with Crippen molar-refractivity contribution in [2.75, 3.05) is 0 Å². The van der Waals surface area contributed by atoms with Gasteiger partial charge < -0.3 is 4.79 Å². The smallest absolute Gasteiger partial charge is 0.123 e. The molecule has 0 bridgehead atoms. The number of carbonyl (C=O) groups excluding carboxylic acids is 1. The van der Waals surface area contributed by atoms with Crippen LogP contribution in [0.2, 0.25) is 0 Å². The molecule has 132 valence electrons. The van der Waals surface area contributed by atoms with Crippen LogP contribution >= 0.6 is 0 Å². The first-order valence-corrected chi connectivity index (χ1v) is 10.0. The fourth-order valence-corrected chi connectivity index (χ4v) is 3.08. The van der Waals surface area contributed by atoms with Crippen molar-refractivity contribution in [2.24, 2.45) is 17.8 Å². The summed E-state index contributed by atoms with van der Waals surface area (Å²) < 4.78 is 0. The summed E-state index contributed by atoms with van der Waals surface area (Å²) in [6, 6.07) is 0. The van der Waals surface area contributed by atoms with Gasteiger partial charge in [0.2, 0.25) is 0 Å². The van der Waals surface area contributed by atoms with Crippen LogP contribution in [0, 0.1) is 17.8 Å². The maximum absolute atomic E-state index is 10.9. The highest BCUT2D eigenvalue weighted by molar-refractivity contribution is 5.53. The van der Waals surface area contributed by atoms with Crippen molar-refractivity contribution >= 4 is 6.29 Å². The second-order valence-electron chi connectivity index (χ2n) is 7.90. The second kappa shape index (κ2) is 15.6. The molecule has 0 saturated carbocycles. The Bertz CT molecular complexity index is 232. The molecule has 22 heavy (non-hydrogen) atoms. The molecule has 0 aliphatic heterocycles. The Labute approximate surface area is 140 Å². The Morgan fingerprint density at radius 1 is 0.591 bits per heavy atom. The molecule has 0 aromatic heterocycles. The van der Waals surface area contributed by atoms with Crippen LogP contribution in [0.3, 0.4) is 0 Å². The Hall–Kier alpha value is -0.330. The topological polar surface area (TPSA) is 17.1 Å². The van der Waals surface area contributed by atoms with E-state index in [0.717, 1.165) is 18.6 Å². The van der Waals surface area contributed by atoms with Gasteiger partial charge in [-0.15, -0.1) is 0 Å². The van der Waals surface area contributed by atoms with Gasteiger partial charge in [-0.25, -0.2) is 0 Å². The summed E-state index contributed by atoms with van der Waals surface area (Å²) in [7, 11) is 0. The highest BCUT2D eigenvalue weighted by Gasteiger charge is 2.10. The first-order chi connectivity index (χ1) is 10.6. The zero-order valence-corrected chi connectivity index (χ0v) is 15.9. The van der Waals surface area contributed by atoms with Crippen LogP contribution in [-0.4, -0.2) is 6.29 Å². The van der Waals surface area contributed by atoms with Gasteiger partial charge in [0.05, 0.1) is 0 Å². The monoisotopic (exact) mass is 310 g/mol. The molecule has 0 saturated heterocycles. The van der Waals surface area contributed by atoms with Gasteiger partial charge in [0.15, 0.2) is 0 Å². The zero-order valence-electron chi connectivity index (χ0n) is 15.9. The molecule has 0 aliphatic rings. The van der Waals surface area contributed by atoms with Crippen LogP contribution in [0.25, 0.3) is 0 Å². The van der Waals surface area contributed by atoms with E-state index >= 15 is 0 Å². The minimum absolute atomic E-state index is 0.288. The van der Waals surface area contributed by atoms with Crippen molar-refractivity contribution in [3.05, 3.63) is 0 Å². The van der Waals surface area contributed by atoms with Gasteiger partial charge in [-0.05, 0) is 18.3 Å². The predicted molar refractivity (Wildman–Crippen MR) is 99.3 cm³/mol. The molecule has 1 unspecified atom stereocenters. The molecule has 0 fully saturated rings. The van der Waals surface area contributed by atoms with Gasteiger partial charge in [0.1, 0.15) is 6.29 Å². The SMILES string of the molecule is CC(C)CCCCCCCCCCCCCC(C=O)C(C)C. The summed E-state index contributed by atoms with van der Waals surface area (Å²) >= 11 is 0. The fourth-order valence-electron chi connectivity index (χ4n) is 3.08. The minimum Gasteiger partial charge on any atom is -0.303 e. The van der Waals surface area contributed by atoms with Crippen molar-refractivity contribution in [1.29, 1.82) is 0 Å². The molecular formula is C21H42O. The molecule has 0 rings (SSSR count). The van der Waals surface area contributed by atoms with E-state index < -0.39 is 0 Å². The first kappa shape index (κ1) is 21.7. The van der Waals surface area contributed by atoms with E-state index in [2.05, 4.69) is 27.7 Å². The van der Waals surface area contributed by atoms with Gasteiger partial charge in [-0.1, -0.05) is 105 Å². The lowest BCUT2D eigenvalue weighted by Gasteiger charge is -2.13. The summed E-state index contributed by atoms with van der Waals surface area (Å²) in [5.41, 5.74) is 0. The molecular weight excluding hydrogens is 268 g/mol. The van der Waals surface area contributed by atoms with Gasteiger partial charge in [0, 0.05) is 5.92 Å². The van der Waals surface area contributed by atoms with Crippen LogP contribution in [0.5, 0.6) is 0 Å². The van der Waals surface area contributed by atoms with Gasteiger partial charge in [-0.3, -0.25) is 0 Å². The number of hydrogen-bond acceptors (Lipinski definition) is 1. The van der Waals surface area contributed by atoms with Crippen LogP contribution in [-0.2, 0) is 4.79 Å². The zero-order chi connectivity index (χ0) is 16.6. The van der Waals surface area contributed by atoms with E-state index in [-0.39, 0.29) is 5.92 Å². The second-order valence-corrected chi connectivity index (χ2v) is 7.90. The maximum atomic E-state index is 10.9. The van der Waals surface area contributed by atoms with Gasteiger partial charge in [0.25, 0.3) is 0 Å². The highest BCUT2D eigenvalue weighted by atomic mass is 16.1. The van der Waals surface area contributed by atoms with E-state index in [9.17, 15) is 4.79 Å². The van der Waals surface area contributed by atoms with E-state index in [1.807, 2.05) is 0 Å². The predicted octanol–water partition coefficient (Wildman–Crippen LogP) is 7.18. The standard InChI is InChI=1S/C21H42O/c1-19(2)16-14-12-10-8-6-5-7-9-11-13-15-17-21(18-22)20(3)4/h18-21H,5-17H2,1-4H3. The average molecular weight is 311 g/mol. The number of unbranched alkanes of at least 4 members (excludes halogenated alkanes) is 10. The van der Waals surface area contributed by atoms with E-state index in [0.29, 0.717) is 5.92 Å². The molecule has 0 N–H and O–H groups in total. The third-order valence-electron chi connectivity index (χ3n) is 4.85. The maximum Gasteiger partial charge on any atom is 0.123 e. The Balaban J connectivity index is 3.16. The van der Waals surface area contributed by atoms with Crippen molar-refractivity contribution in [1.82, 2.24) is 0 Å². The summed E-state index contributed by atoms with van der Waals surface area (Å²) in [6.07, 6.45) is 19.0. The number of aldehydes is 1. The Morgan fingerprint density at radius 2 is 0.955 bits per heavy atom. The molecule has 0 aliphatic carbocycles. The number of carbonyl (C=O) groups is 1.